The van der Waals surface area contributed by atoms with Gasteiger partial charge in [-0.25, -0.2) is 0 Å². The van der Waals surface area contributed by atoms with Crippen LogP contribution in [0.3, 0.4) is 0 Å². The molecule has 0 aromatic heterocycles. The summed E-state index contributed by atoms with van der Waals surface area (Å²) in [6, 6.07) is 0. The Morgan fingerprint density at radius 3 is 1.56 bits per heavy atom. The van der Waals surface area contributed by atoms with Crippen molar-refractivity contribution in [2.45, 2.75) is 86.0 Å². The van der Waals surface area contributed by atoms with Gasteiger partial charge in [0.2, 0.25) is 0 Å². The molecular weight excluding hydrogens is 192 g/mol. The van der Waals surface area contributed by atoms with Crippen molar-refractivity contribution in [3.05, 3.63) is 0 Å². The minimum absolute atomic E-state index is 0. The van der Waals surface area contributed by atoms with Crippen molar-refractivity contribution in [1.82, 2.24) is 0 Å². The van der Waals surface area contributed by atoms with Gasteiger partial charge in [-0.15, -0.1) is 0 Å². The quantitative estimate of drug-likeness (QED) is 0.510. The van der Waals surface area contributed by atoms with E-state index in [1.807, 2.05) is 13.8 Å². The van der Waals surface area contributed by atoms with Gasteiger partial charge in [-0.2, -0.15) is 0 Å². The highest BCUT2D eigenvalue weighted by molar-refractivity contribution is 4.78. The van der Waals surface area contributed by atoms with E-state index < -0.39 is 0 Å². The summed E-state index contributed by atoms with van der Waals surface area (Å²) >= 11 is 0. The molecule has 2 aliphatic carbocycles. The van der Waals surface area contributed by atoms with Crippen molar-refractivity contribution in [1.29, 1.82) is 0 Å². The van der Waals surface area contributed by atoms with Crippen LogP contribution in [0.1, 0.15) is 86.0 Å². The monoisotopic (exact) mass is 226 g/mol. The summed E-state index contributed by atoms with van der Waals surface area (Å²) in [4.78, 5) is 0. The summed E-state index contributed by atoms with van der Waals surface area (Å²) < 4.78 is 0. The molecule has 0 bridgehead atoms. The maximum Gasteiger partial charge on any atom is -0.0386 e. The van der Waals surface area contributed by atoms with E-state index in [2.05, 4.69) is 6.92 Å². The van der Waals surface area contributed by atoms with Crippen LogP contribution < -0.4 is 0 Å². The molecule has 0 amide bonds. The minimum Gasteiger partial charge on any atom is -0.0776 e. The molecule has 0 atom stereocenters. The summed E-state index contributed by atoms with van der Waals surface area (Å²) in [5, 5.41) is 0. The van der Waals surface area contributed by atoms with E-state index >= 15 is 0 Å². The average Bonchev–Trinajstić information content (AvgIpc) is 2.34. The largest absolute Gasteiger partial charge is 0.0776 e. The van der Waals surface area contributed by atoms with Crippen molar-refractivity contribution >= 4 is 0 Å². The third-order valence-electron chi connectivity index (χ3n) is 4.38. The molecule has 0 aliphatic heterocycles. The molecule has 98 valence electrons. The summed E-state index contributed by atoms with van der Waals surface area (Å²) in [6.07, 6.45) is 13.8. The van der Waals surface area contributed by atoms with E-state index in [-0.39, 0.29) is 7.43 Å². The van der Waals surface area contributed by atoms with Crippen LogP contribution in [0.25, 0.3) is 0 Å². The second-order valence-electron chi connectivity index (χ2n) is 5.42. The highest BCUT2D eigenvalue weighted by Gasteiger charge is 2.26. The molecule has 0 heterocycles. The number of hydrogen-bond donors (Lipinski definition) is 0. The normalized spacial score (nSPS) is 30.9. The van der Waals surface area contributed by atoms with Gasteiger partial charge < -0.3 is 0 Å². The second-order valence-corrected chi connectivity index (χ2v) is 5.42. The van der Waals surface area contributed by atoms with Crippen LogP contribution in [-0.2, 0) is 0 Å². The molecule has 0 aromatic carbocycles. The van der Waals surface area contributed by atoms with Gasteiger partial charge in [-0.1, -0.05) is 73.1 Å². The van der Waals surface area contributed by atoms with Gasteiger partial charge in [0.25, 0.3) is 0 Å². The summed E-state index contributed by atoms with van der Waals surface area (Å²) in [5.74, 6) is 3.28. The van der Waals surface area contributed by atoms with Gasteiger partial charge in [0, 0.05) is 0 Å². The van der Waals surface area contributed by atoms with Gasteiger partial charge in [-0.3, -0.25) is 0 Å². The molecule has 0 aromatic rings. The van der Waals surface area contributed by atoms with Crippen molar-refractivity contribution in [3.63, 3.8) is 0 Å². The Bertz CT molecular complexity index is 136. The highest BCUT2D eigenvalue weighted by Crippen LogP contribution is 2.39. The highest BCUT2D eigenvalue weighted by atomic mass is 14.3. The predicted octanol–water partition coefficient (Wildman–Crippen LogP) is 6.06. The summed E-state index contributed by atoms with van der Waals surface area (Å²) in [6.45, 7) is 6.43. The lowest BCUT2D eigenvalue weighted by molar-refractivity contribution is 0.173. The van der Waals surface area contributed by atoms with E-state index in [0.29, 0.717) is 0 Å². The number of rotatable bonds is 1. The third kappa shape index (κ3) is 4.89. The maximum atomic E-state index is 2.43. The zero-order chi connectivity index (χ0) is 11.1. The Morgan fingerprint density at radius 2 is 1.06 bits per heavy atom. The van der Waals surface area contributed by atoms with Crippen LogP contribution >= 0.6 is 0 Å². The SMILES string of the molecule is C.CC.CC1CCC(C2CCCCC2)CC1. The van der Waals surface area contributed by atoms with Crippen LogP contribution in [0, 0.1) is 17.8 Å². The summed E-state index contributed by atoms with van der Waals surface area (Å²) in [5.41, 5.74) is 0. The van der Waals surface area contributed by atoms with Gasteiger partial charge in [-0.05, 0) is 30.6 Å². The van der Waals surface area contributed by atoms with E-state index in [0.717, 1.165) is 17.8 Å². The van der Waals surface area contributed by atoms with Crippen LogP contribution in [0.2, 0.25) is 0 Å². The third-order valence-corrected chi connectivity index (χ3v) is 4.38. The zero-order valence-electron chi connectivity index (χ0n) is 11.1. The first-order valence-corrected chi connectivity index (χ1v) is 7.36. The first-order valence-electron chi connectivity index (χ1n) is 7.36. The smallest absolute Gasteiger partial charge is 0.0386 e. The van der Waals surface area contributed by atoms with Gasteiger partial charge >= 0.3 is 0 Å². The molecule has 0 radical (unpaired) electrons. The average molecular weight is 226 g/mol. The van der Waals surface area contributed by atoms with Crippen LogP contribution in [0.5, 0.6) is 0 Å². The molecule has 0 spiro atoms. The lowest BCUT2D eigenvalue weighted by atomic mass is 9.71. The molecule has 0 saturated heterocycles. The van der Waals surface area contributed by atoms with E-state index in [4.69, 9.17) is 0 Å². The van der Waals surface area contributed by atoms with Crippen molar-refractivity contribution < 1.29 is 0 Å². The Kier molecular flexibility index (Phi) is 9.07. The standard InChI is InChI=1S/C13H24.C2H6.CH4/c1-11-7-9-13(10-8-11)12-5-3-2-4-6-12;1-2;/h11-13H,2-10H2,1H3;1-2H3;1H4. The van der Waals surface area contributed by atoms with Gasteiger partial charge in [0.05, 0.1) is 0 Å². The Labute approximate surface area is 104 Å². The molecule has 2 rings (SSSR count). The van der Waals surface area contributed by atoms with Gasteiger partial charge in [0.1, 0.15) is 0 Å². The fraction of sp³-hybridized carbons (Fsp3) is 1.00. The van der Waals surface area contributed by atoms with E-state index in [1.54, 1.807) is 25.7 Å². The lowest BCUT2D eigenvalue weighted by Gasteiger charge is -2.34. The molecule has 0 nitrogen and oxygen atoms in total. The molecule has 16 heavy (non-hydrogen) atoms. The van der Waals surface area contributed by atoms with Gasteiger partial charge in [0.15, 0.2) is 0 Å². The van der Waals surface area contributed by atoms with Crippen molar-refractivity contribution in [2.75, 3.05) is 0 Å². The number of hydrogen-bond acceptors (Lipinski definition) is 0. The topological polar surface area (TPSA) is 0 Å². The molecule has 2 aliphatic rings. The molecule has 0 heteroatoms. The molecular formula is C16H34. The van der Waals surface area contributed by atoms with Crippen LogP contribution in [0.4, 0.5) is 0 Å². The van der Waals surface area contributed by atoms with E-state index in [9.17, 15) is 0 Å². The van der Waals surface area contributed by atoms with Crippen molar-refractivity contribution in [3.8, 4) is 0 Å². The first kappa shape index (κ1) is 16.0. The first-order chi connectivity index (χ1) is 7.36. The fourth-order valence-electron chi connectivity index (χ4n) is 3.36. The molecule has 2 saturated carbocycles. The lowest BCUT2D eigenvalue weighted by Crippen LogP contribution is -2.22. The summed E-state index contributed by atoms with van der Waals surface area (Å²) in [7, 11) is 0. The zero-order valence-corrected chi connectivity index (χ0v) is 11.1. The Balaban J connectivity index is 0.000000711. The maximum absolute atomic E-state index is 2.43. The molecule has 0 N–H and O–H groups in total. The predicted molar refractivity (Wildman–Crippen MR) is 75.8 cm³/mol. The Hall–Kier alpha value is 0. The van der Waals surface area contributed by atoms with E-state index in [1.165, 1.54) is 32.1 Å². The van der Waals surface area contributed by atoms with Crippen molar-refractivity contribution in [2.24, 2.45) is 17.8 Å². The second kappa shape index (κ2) is 9.07. The fourth-order valence-corrected chi connectivity index (χ4v) is 3.36. The van der Waals surface area contributed by atoms with Crippen LogP contribution in [0.15, 0.2) is 0 Å². The minimum atomic E-state index is 0. The van der Waals surface area contributed by atoms with Crippen LogP contribution in [-0.4, -0.2) is 0 Å². The molecule has 0 unspecified atom stereocenters. The Morgan fingerprint density at radius 1 is 0.625 bits per heavy atom. The molecule has 2 fully saturated rings.